The van der Waals surface area contributed by atoms with Gasteiger partial charge in [0.05, 0.1) is 11.8 Å². The Hall–Kier alpha value is -2.12. The van der Waals surface area contributed by atoms with Crippen molar-refractivity contribution in [2.24, 2.45) is 7.05 Å². The molecule has 0 fully saturated rings. The van der Waals surface area contributed by atoms with Crippen molar-refractivity contribution in [3.05, 3.63) is 50.6 Å². The van der Waals surface area contributed by atoms with Crippen LogP contribution in [0.2, 0.25) is 0 Å². The lowest BCUT2D eigenvalue weighted by atomic mass is 10.1. The molecular formula is C16H21N3O3S. The molecule has 2 heterocycles. The first-order chi connectivity index (χ1) is 10.9. The number of hydrogen-bond donors (Lipinski definition) is 3. The molecule has 124 valence electrons. The first kappa shape index (κ1) is 17.2. The van der Waals surface area contributed by atoms with E-state index in [1.54, 1.807) is 20.2 Å². The number of aryl methyl sites for hydroxylation is 2. The standard InChI is InChI=1S/C16H21N3O3S/c1-10-7-15(21)19(3)9-12(10)18-16(22)17-11(2)8-13(20)14-5-4-6-23-14/h4-7,9,11,13,20H,8H2,1-3H3,(H2,17,18,22). The molecule has 0 aliphatic heterocycles. The van der Waals surface area contributed by atoms with Crippen molar-refractivity contribution >= 4 is 23.1 Å². The van der Waals surface area contributed by atoms with Gasteiger partial charge in [-0.05, 0) is 37.3 Å². The number of pyridine rings is 1. The number of nitrogens with zero attached hydrogens (tertiary/aromatic N) is 1. The lowest BCUT2D eigenvalue weighted by Crippen LogP contribution is -2.37. The average Bonchev–Trinajstić information content (AvgIpc) is 2.98. The monoisotopic (exact) mass is 335 g/mol. The van der Waals surface area contributed by atoms with Crippen LogP contribution in [0.5, 0.6) is 0 Å². The number of rotatable bonds is 5. The summed E-state index contributed by atoms with van der Waals surface area (Å²) in [5.41, 5.74) is 1.16. The van der Waals surface area contributed by atoms with Crippen LogP contribution in [-0.4, -0.2) is 21.7 Å². The molecule has 0 bridgehead atoms. The highest BCUT2D eigenvalue weighted by atomic mass is 32.1. The van der Waals surface area contributed by atoms with Crippen LogP contribution in [0.3, 0.4) is 0 Å². The van der Waals surface area contributed by atoms with E-state index in [1.165, 1.54) is 22.0 Å². The van der Waals surface area contributed by atoms with Gasteiger partial charge in [-0.3, -0.25) is 4.79 Å². The molecule has 2 rings (SSSR count). The third kappa shape index (κ3) is 4.67. The van der Waals surface area contributed by atoms with Gasteiger partial charge >= 0.3 is 6.03 Å². The van der Waals surface area contributed by atoms with Gasteiger partial charge in [0.2, 0.25) is 0 Å². The number of thiophene rings is 1. The highest BCUT2D eigenvalue weighted by molar-refractivity contribution is 7.10. The number of urea groups is 1. The van der Waals surface area contributed by atoms with E-state index in [-0.39, 0.29) is 17.6 Å². The maximum atomic E-state index is 12.1. The fourth-order valence-electron chi connectivity index (χ4n) is 2.23. The Bertz CT molecular complexity index is 725. The van der Waals surface area contributed by atoms with E-state index in [0.29, 0.717) is 17.7 Å². The molecule has 0 saturated carbocycles. The van der Waals surface area contributed by atoms with Gasteiger partial charge in [-0.15, -0.1) is 11.3 Å². The Morgan fingerprint density at radius 2 is 2.22 bits per heavy atom. The average molecular weight is 335 g/mol. The minimum atomic E-state index is -0.593. The first-order valence-electron chi connectivity index (χ1n) is 7.33. The first-order valence-corrected chi connectivity index (χ1v) is 8.21. The maximum absolute atomic E-state index is 12.1. The molecule has 0 aromatic carbocycles. The van der Waals surface area contributed by atoms with Gasteiger partial charge in [0.25, 0.3) is 5.56 Å². The molecule has 0 radical (unpaired) electrons. The number of carbonyl (C=O) groups is 1. The van der Waals surface area contributed by atoms with E-state index in [4.69, 9.17) is 0 Å². The molecule has 3 N–H and O–H groups in total. The Balaban J connectivity index is 1.91. The summed E-state index contributed by atoms with van der Waals surface area (Å²) in [5.74, 6) is 0. The van der Waals surface area contributed by atoms with Crippen LogP contribution in [0.15, 0.2) is 34.6 Å². The van der Waals surface area contributed by atoms with Gasteiger partial charge in [-0.25, -0.2) is 4.79 Å². The van der Waals surface area contributed by atoms with Crippen molar-refractivity contribution in [3.8, 4) is 0 Å². The summed E-state index contributed by atoms with van der Waals surface area (Å²) in [7, 11) is 1.63. The second-order valence-corrected chi connectivity index (χ2v) is 6.56. The minimum Gasteiger partial charge on any atom is -0.387 e. The van der Waals surface area contributed by atoms with Crippen molar-refractivity contribution in [3.63, 3.8) is 0 Å². The molecule has 6 nitrogen and oxygen atoms in total. The van der Waals surface area contributed by atoms with Gasteiger partial charge in [0.1, 0.15) is 0 Å². The normalized spacial score (nSPS) is 13.4. The Morgan fingerprint density at radius 3 is 2.87 bits per heavy atom. The van der Waals surface area contributed by atoms with E-state index in [2.05, 4.69) is 10.6 Å². The SMILES string of the molecule is Cc1cc(=O)n(C)cc1NC(=O)NC(C)CC(O)c1cccs1. The fraction of sp³-hybridized carbons (Fsp3) is 0.375. The van der Waals surface area contributed by atoms with Gasteiger partial charge in [-0.2, -0.15) is 0 Å². The molecule has 0 spiro atoms. The fourth-order valence-corrected chi connectivity index (χ4v) is 2.95. The molecule has 2 amide bonds. The second kappa shape index (κ2) is 7.43. The molecular weight excluding hydrogens is 314 g/mol. The molecule has 23 heavy (non-hydrogen) atoms. The van der Waals surface area contributed by atoms with Crippen molar-refractivity contribution in [2.45, 2.75) is 32.4 Å². The Labute approximate surface area is 138 Å². The van der Waals surface area contributed by atoms with Gasteiger partial charge in [-0.1, -0.05) is 6.07 Å². The zero-order chi connectivity index (χ0) is 17.0. The van der Waals surface area contributed by atoms with Crippen LogP contribution in [-0.2, 0) is 7.05 Å². The molecule has 2 aromatic heterocycles. The quantitative estimate of drug-likeness (QED) is 0.784. The van der Waals surface area contributed by atoms with Crippen LogP contribution < -0.4 is 16.2 Å². The zero-order valence-corrected chi connectivity index (χ0v) is 14.2. The summed E-state index contributed by atoms with van der Waals surface area (Å²) in [5, 5.41) is 17.5. The Kier molecular flexibility index (Phi) is 5.57. The summed E-state index contributed by atoms with van der Waals surface area (Å²) in [4.78, 5) is 24.4. The van der Waals surface area contributed by atoms with Crippen LogP contribution in [0.4, 0.5) is 10.5 Å². The van der Waals surface area contributed by atoms with E-state index < -0.39 is 6.10 Å². The number of amides is 2. The van der Waals surface area contributed by atoms with E-state index >= 15 is 0 Å². The topological polar surface area (TPSA) is 83.4 Å². The second-order valence-electron chi connectivity index (χ2n) is 5.59. The third-order valence-electron chi connectivity index (χ3n) is 3.51. The minimum absolute atomic E-state index is 0.124. The highest BCUT2D eigenvalue weighted by Crippen LogP contribution is 2.22. The maximum Gasteiger partial charge on any atom is 0.319 e. The summed E-state index contributed by atoms with van der Waals surface area (Å²) in [6.07, 6.45) is 1.42. The van der Waals surface area contributed by atoms with Gasteiger partial charge in [0, 0.05) is 30.2 Å². The van der Waals surface area contributed by atoms with Gasteiger partial charge in [0.15, 0.2) is 0 Å². The summed E-state index contributed by atoms with van der Waals surface area (Å²) in [6, 6.07) is 4.67. The molecule has 0 aliphatic carbocycles. The number of aliphatic hydroxyl groups is 1. The number of hydrogen-bond acceptors (Lipinski definition) is 4. The summed E-state index contributed by atoms with van der Waals surface area (Å²) >= 11 is 1.49. The molecule has 0 aliphatic rings. The Morgan fingerprint density at radius 1 is 1.48 bits per heavy atom. The number of aliphatic hydroxyl groups excluding tert-OH is 1. The molecule has 2 aromatic rings. The van der Waals surface area contributed by atoms with Crippen molar-refractivity contribution in [1.82, 2.24) is 9.88 Å². The van der Waals surface area contributed by atoms with Crippen LogP contribution in [0.25, 0.3) is 0 Å². The predicted octanol–water partition coefficient (Wildman–Crippen LogP) is 2.39. The largest absolute Gasteiger partial charge is 0.387 e. The lowest BCUT2D eigenvalue weighted by molar-refractivity contribution is 0.158. The lowest BCUT2D eigenvalue weighted by Gasteiger charge is -2.18. The van der Waals surface area contributed by atoms with Crippen LogP contribution >= 0.6 is 11.3 Å². The van der Waals surface area contributed by atoms with E-state index in [1.807, 2.05) is 24.4 Å². The number of carbonyl (C=O) groups excluding carboxylic acids is 1. The van der Waals surface area contributed by atoms with E-state index in [9.17, 15) is 14.7 Å². The smallest absolute Gasteiger partial charge is 0.319 e. The van der Waals surface area contributed by atoms with E-state index in [0.717, 1.165) is 4.88 Å². The number of aromatic nitrogens is 1. The van der Waals surface area contributed by atoms with Crippen LogP contribution in [0.1, 0.15) is 29.9 Å². The third-order valence-corrected chi connectivity index (χ3v) is 4.48. The summed E-state index contributed by atoms with van der Waals surface area (Å²) < 4.78 is 1.41. The number of nitrogens with one attached hydrogen (secondary N) is 2. The molecule has 2 unspecified atom stereocenters. The summed E-state index contributed by atoms with van der Waals surface area (Å²) in [6.45, 7) is 3.60. The predicted molar refractivity (Wildman–Crippen MR) is 91.9 cm³/mol. The molecule has 2 atom stereocenters. The van der Waals surface area contributed by atoms with Crippen molar-refractivity contribution in [1.29, 1.82) is 0 Å². The highest BCUT2D eigenvalue weighted by Gasteiger charge is 2.15. The van der Waals surface area contributed by atoms with Gasteiger partial charge < -0.3 is 20.3 Å². The zero-order valence-electron chi connectivity index (χ0n) is 13.4. The van der Waals surface area contributed by atoms with Crippen molar-refractivity contribution < 1.29 is 9.90 Å². The molecule has 7 heteroatoms. The molecule has 0 saturated heterocycles. The van der Waals surface area contributed by atoms with Crippen LogP contribution in [0, 0.1) is 6.92 Å². The van der Waals surface area contributed by atoms with Crippen molar-refractivity contribution in [2.75, 3.05) is 5.32 Å². The number of anilines is 1.